The fourth-order valence-electron chi connectivity index (χ4n) is 2.61. The van der Waals surface area contributed by atoms with Crippen molar-refractivity contribution in [2.75, 3.05) is 10.6 Å². The maximum absolute atomic E-state index is 12.8. The van der Waals surface area contributed by atoms with Gasteiger partial charge >= 0.3 is 0 Å². The van der Waals surface area contributed by atoms with Gasteiger partial charge in [-0.1, -0.05) is 35.6 Å². The van der Waals surface area contributed by atoms with Gasteiger partial charge in [-0.25, -0.2) is 9.97 Å². The van der Waals surface area contributed by atoms with E-state index in [1.165, 1.54) is 11.3 Å². The number of hydrogen-bond acceptors (Lipinski definition) is 8. The van der Waals surface area contributed by atoms with E-state index in [1.54, 1.807) is 26.1 Å². The highest BCUT2D eigenvalue weighted by atomic mass is 32.1. The van der Waals surface area contributed by atoms with Crippen molar-refractivity contribution in [3.05, 3.63) is 71.1 Å². The summed E-state index contributed by atoms with van der Waals surface area (Å²) in [5.74, 6) is 0.747. The number of anilines is 3. The first kappa shape index (κ1) is 18.6. The van der Waals surface area contributed by atoms with Crippen LogP contribution in [-0.2, 0) is 0 Å². The van der Waals surface area contributed by atoms with Crippen LogP contribution in [0.2, 0.25) is 0 Å². The van der Waals surface area contributed by atoms with Crippen LogP contribution >= 0.6 is 11.3 Å². The summed E-state index contributed by atoms with van der Waals surface area (Å²) < 4.78 is 0. The third kappa shape index (κ3) is 4.41. The molecule has 0 saturated carbocycles. The summed E-state index contributed by atoms with van der Waals surface area (Å²) >= 11 is 1.27. The average molecular weight is 403 g/mol. The minimum Gasteiger partial charge on any atom is -0.332 e. The number of carbonyl (C=O) groups is 1. The van der Waals surface area contributed by atoms with Gasteiger partial charge in [0.05, 0.1) is 5.69 Å². The highest BCUT2D eigenvalue weighted by Gasteiger charge is 2.18. The van der Waals surface area contributed by atoms with Crippen molar-refractivity contribution in [1.82, 2.24) is 24.9 Å². The summed E-state index contributed by atoms with van der Waals surface area (Å²) in [5.41, 5.74) is 2.14. The van der Waals surface area contributed by atoms with Gasteiger partial charge in [-0.15, -0.1) is 0 Å². The van der Waals surface area contributed by atoms with E-state index in [0.29, 0.717) is 33.0 Å². The van der Waals surface area contributed by atoms with Crippen molar-refractivity contribution in [3.8, 4) is 11.5 Å². The topological polar surface area (TPSA) is 106 Å². The van der Waals surface area contributed by atoms with Crippen LogP contribution in [0.4, 0.5) is 16.8 Å². The third-order valence-corrected chi connectivity index (χ3v) is 4.97. The molecule has 1 aromatic carbocycles. The van der Waals surface area contributed by atoms with Gasteiger partial charge in [0.2, 0.25) is 5.95 Å². The second-order valence-electron chi connectivity index (χ2n) is 6.12. The molecule has 0 aliphatic carbocycles. The fourth-order valence-corrected chi connectivity index (χ4v) is 3.49. The lowest BCUT2D eigenvalue weighted by molar-refractivity contribution is 0.102. The van der Waals surface area contributed by atoms with Gasteiger partial charge in [0.15, 0.2) is 11.0 Å². The first-order valence-corrected chi connectivity index (χ1v) is 9.65. The van der Waals surface area contributed by atoms with Crippen molar-refractivity contribution < 1.29 is 4.79 Å². The summed E-state index contributed by atoms with van der Waals surface area (Å²) in [4.78, 5) is 34.8. The van der Waals surface area contributed by atoms with Crippen molar-refractivity contribution in [2.24, 2.45) is 0 Å². The Balaban J connectivity index is 1.55. The molecule has 0 saturated heterocycles. The van der Waals surface area contributed by atoms with E-state index >= 15 is 0 Å². The highest BCUT2D eigenvalue weighted by Crippen LogP contribution is 2.26. The molecule has 0 atom stereocenters. The van der Waals surface area contributed by atoms with Crippen LogP contribution in [0.3, 0.4) is 0 Å². The Labute approximate surface area is 171 Å². The molecule has 0 radical (unpaired) electrons. The van der Waals surface area contributed by atoms with Crippen molar-refractivity contribution >= 4 is 34.0 Å². The highest BCUT2D eigenvalue weighted by molar-refractivity contribution is 7.17. The molecule has 3 heterocycles. The predicted octanol–water partition coefficient (Wildman–Crippen LogP) is 4.00. The molecular formula is C20H17N7OS. The Morgan fingerprint density at radius 2 is 1.72 bits per heavy atom. The van der Waals surface area contributed by atoms with Gasteiger partial charge in [-0.05, 0) is 38.1 Å². The molecular weight excluding hydrogens is 386 g/mol. The zero-order valence-electron chi connectivity index (χ0n) is 15.7. The minimum absolute atomic E-state index is 0.175. The molecule has 4 aromatic rings. The van der Waals surface area contributed by atoms with Crippen molar-refractivity contribution in [1.29, 1.82) is 0 Å². The zero-order chi connectivity index (χ0) is 20.2. The zero-order valence-corrected chi connectivity index (χ0v) is 16.6. The molecule has 0 spiro atoms. The number of carbonyl (C=O) groups excluding carboxylic acids is 1. The van der Waals surface area contributed by atoms with E-state index in [9.17, 15) is 4.79 Å². The van der Waals surface area contributed by atoms with E-state index in [2.05, 4.69) is 35.6 Å². The quantitative estimate of drug-likeness (QED) is 0.519. The summed E-state index contributed by atoms with van der Waals surface area (Å²) in [6, 6.07) is 15.1. The van der Waals surface area contributed by atoms with E-state index in [-0.39, 0.29) is 11.9 Å². The van der Waals surface area contributed by atoms with Gasteiger partial charge in [0.25, 0.3) is 5.91 Å². The number of hydrogen-bond donors (Lipinski definition) is 2. The van der Waals surface area contributed by atoms with Crippen LogP contribution in [-0.4, -0.2) is 30.8 Å². The smallest absolute Gasteiger partial charge is 0.270 e. The molecule has 29 heavy (non-hydrogen) atoms. The average Bonchev–Trinajstić information content (AvgIpc) is 3.09. The van der Waals surface area contributed by atoms with Crippen LogP contribution in [0.15, 0.2) is 54.7 Å². The van der Waals surface area contributed by atoms with Crippen LogP contribution < -0.4 is 10.6 Å². The van der Waals surface area contributed by atoms with E-state index in [1.807, 2.05) is 42.5 Å². The van der Waals surface area contributed by atoms with Crippen LogP contribution in [0.5, 0.6) is 0 Å². The molecule has 3 aromatic heterocycles. The lowest BCUT2D eigenvalue weighted by Gasteiger charge is -2.06. The van der Waals surface area contributed by atoms with Crippen LogP contribution in [0, 0.1) is 13.8 Å². The predicted molar refractivity (Wildman–Crippen MR) is 112 cm³/mol. The number of aromatic nitrogens is 5. The number of thiazole rings is 1. The molecule has 8 nitrogen and oxygen atoms in total. The molecule has 4 rings (SSSR count). The number of amides is 1. The van der Waals surface area contributed by atoms with E-state index in [0.717, 1.165) is 5.69 Å². The third-order valence-electron chi connectivity index (χ3n) is 3.89. The van der Waals surface area contributed by atoms with E-state index < -0.39 is 0 Å². The first-order chi connectivity index (χ1) is 14.1. The summed E-state index contributed by atoms with van der Waals surface area (Å²) in [5, 5.41) is 6.58. The SMILES string of the molecule is Cc1nc(NC(=O)c2sc(Nc3ccccc3)nc2C)nc(-c2ccccn2)n1. The molecule has 0 aliphatic rings. The van der Waals surface area contributed by atoms with Gasteiger partial charge < -0.3 is 5.32 Å². The first-order valence-electron chi connectivity index (χ1n) is 8.83. The molecule has 2 N–H and O–H groups in total. The van der Waals surface area contributed by atoms with Gasteiger partial charge in [0.1, 0.15) is 16.4 Å². The molecule has 0 bridgehead atoms. The van der Waals surface area contributed by atoms with Gasteiger partial charge in [0, 0.05) is 11.9 Å². The number of aryl methyl sites for hydroxylation is 2. The standard InChI is InChI=1S/C20H17N7OS/c1-12-16(29-20(22-12)25-14-8-4-3-5-9-14)18(28)27-19-24-13(2)23-17(26-19)15-10-6-7-11-21-15/h3-11H,1-2H3,(H,22,25)(H,23,24,26,27,28). The molecule has 0 aliphatic heterocycles. The second kappa shape index (κ2) is 8.11. The molecule has 1 amide bonds. The lowest BCUT2D eigenvalue weighted by Crippen LogP contribution is -2.15. The maximum atomic E-state index is 12.8. The number of nitrogens with one attached hydrogen (secondary N) is 2. The normalized spacial score (nSPS) is 10.6. The summed E-state index contributed by atoms with van der Waals surface area (Å²) in [6.07, 6.45) is 1.66. The maximum Gasteiger partial charge on any atom is 0.270 e. The van der Waals surface area contributed by atoms with E-state index in [4.69, 9.17) is 0 Å². The number of para-hydroxylation sites is 1. The summed E-state index contributed by atoms with van der Waals surface area (Å²) in [7, 11) is 0. The minimum atomic E-state index is -0.321. The fraction of sp³-hybridized carbons (Fsp3) is 0.100. The number of rotatable bonds is 5. The molecule has 144 valence electrons. The number of pyridine rings is 1. The van der Waals surface area contributed by atoms with Gasteiger partial charge in [-0.3, -0.25) is 15.1 Å². The Hall–Kier alpha value is -3.72. The Morgan fingerprint density at radius 3 is 2.48 bits per heavy atom. The van der Waals surface area contributed by atoms with Crippen molar-refractivity contribution in [3.63, 3.8) is 0 Å². The van der Waals surface area contributed by atoms with Crippen molar-refractivity contribution in [2.45, 2.75) is 13.8 Å². The lowest BCUT2D eigenvalue weighted by atomic mass is 10.3. The number of nitrogens with zero attached hydrogens (tertiary/aromatic N) is 5. The molecule has 9 heteroatoms. The summed E-state index contributed by atoms with van der Waals surface area (Å²) in [6.45, 7) is 3.53. The molecule has 0 fully saturated rings. The molecule has 0 unspecified atom stereocenters. The van der Waals surface area contributed by atoms with Gasteiger partial charge in [-0.2, -0.15) is 9.97 Å². The van der Waals surface area contributed by atoms with Crippen LogP contribution in [0.25, 0.3) is 11.5 Å². The Bertz CT molecular complexity index is 1150. The number of benzene rings is 1. The monoisotopic (exact) mass is 403 g/mol. The Kier molecular flexibility index (Phi) is 5.21. The second-order valence-corrected chi connectivity index (χ2v) is 7.12. The Morgan fingerprint density at radius 1 is 0.931 bits per heavy atom. The largest absolute Gasteiger partial charge is 0.332 e. The van der Waals surface area contributed by atoms with Crippen LogP contribution in [0.1, 0.15) is 21.2 Å².